The molecule has 0 radical (unpaired) electrons. The maximum Gasteiger partial charge on any atom is 0.233 e. The van der Waals surface area contributed by atoms with Gasteiger partial charge >= 0.3 is 0 Å². The van der Waals surface area contributed by atoms with E-state index in [1.54, 1.807) is 11.3 Å². The van der Waals surface area contributed by atoms with E-state index in [0.717, 1.165) is 40.3 Å². The van der Waals surface area contributed by atoms with Gasteiger partial charge in [-0.15, -0.1) is 10.2 Å². The quantitative estimate of drug-likeness (QED) is 0.277. The molecular formula is C28H26N6OS2. The van der Waals surface area contributed by atoms with Gasteiger partial charge in [0.1, 0.15) is 0 Å². The highest BCUT2D eigenvalue weighted by molar-refractivity contribution is 7.99. The van der Waals surface area contributed by atoms with E-state index in [4.69, 9.17) is 4.98 Å². The van der Waals surface area contributed by atoms with Crippen LogP contribution in [-0.4, -0.2) is 62.5 Å². The Labute approximate surface area is 223 Å². The van der Waals surface area contributed by atoms with Crippen LogP contribution >= 0.6 is 23.1 Å². The highest BCUT2D eigenvalue weighted by Crippen LogP contribution is 2.29. The number of amides is 1. The molecule has 1 fully saturated rings. The minimum atomic E-state index is 0.129. The van der Waals surface area contributed by atoms with E-state index >= 15 is 0 Å². The zero-order chi connectivity index (χ0) is 25.0. The average molecular weight is 527 g/mol. The summed E-state index contributed by atoms with van der Waals surface area (Å²) in [5.41, 5.74) is 3.21. The number of aromatic nitrogens is 4. The fraction of sp³-hybridized carbons (Fsp3) is 0.214. The molecule has 3 aromatic carbocycles. The third kappa shape index (κ3) is 5.23. The predicted octanol–water partition coefficient (Wildman–Crippen LogP) is 5.04. The number of hydrogen-bond acceptors (Lipinski definition) is 7. The van der Waals surface area contributed by atoms with Crippen LogP contribution in [0.15, 0.2) is 90.1 Å². The zero-order valence-electron chi connectivity index (χ0n) is 20.2. The molecule has 0 spiro atoms. The van der Waals surface area contributed by atoms with Crippen molar-refractivity contribution >= 4 is 44.4 Å². The second kappa shape index (κ2) is 10.7. The van der Waals surface area contributed by atoms with Crippen molar-refractivity contribution in [3.8, 4) is 11.4 Å². The number of fused-ring (bicyclic) bond motifs is 1. The van der Waals surface area contributed by atoms with Crippen LogP contribution in [0.25, 0.3) is 21.6 Å². The smallest absolute Gasteiger partial charge is 0.233 e. The molecule has 2 aromatic heterocycles. The second-order valence-corrected chi connectivity index (χ2v) is 10.8. The third-order valence-electron chi connectivity index (χ3n) is 6.44. The molecular weight excluding hydrogens is 500 g/mol. The van der Waals surface area contributed by atoms with E-state index < -0.39 is 0 Å². The molecule has 1 aliphatic heterocycles. The first-order valence-corrected chi connectivity index (χ1v) is 14.1. The molecule has 37 heavy (non-hydrogen) atoms. The molecule has 186 valence electrons. The molecule has 9 heteroatoms. The predicted molar refractivity (Wildman–Crippen MR) is 150 cm³/mol. The van der Waals surface area contributed by atoms with Gasteiger partial charge in [0.15, 0.2) is 16.1 Å². The largest absolute Gasteiger partial charge is 0.345 e. The Morgan fingerprint density at radius 3 is 2.30 bits per heavy atom. The summed E-state index contributed by atoms with van der Waals surface area (Å²) in [6.07, 6.45) is 0. The van der Waals surface area contributed by atoms with Crippen molar-refractivity contribution in [2.45, 2.75) is 11.7 Å². The lowest BCUT2D eigenvalue weighted by molar-refractivity contribution is -0.128. The lowest BCUT2D eigenvalue weighted by Crippen LogP contribution is -2.49. The Kier molecular flexibility index (Phi) is 6.88. The number of thioether (sulfide) groups is 1. The summed E-state index contributed by atoms with van der Waals surface area (Å²) < 4.78 is 3.30. The third-order valence-corrected chi connectivity index (χ3v) is 8.49. The highest BCUT2D eigenvalue weighted by atomic mass is 32.2. The Morgan fingerprint density at radius 1 is 0.838 bits per heavy atom. The average Bonchev–Trinajstić information content (AvgIpc) is 3.57. The fourth-order valence-electron chi connectivity index (χ4n) is 4.46. The van der Waals surface area contributed by atoms with Gasteiger partial charge in [-0.25, -0.2) is 4.98 Å². The van der Waals surface area contributed by atoms with Crippen LogP contribution < -0.4 is 4.90 Å². The van der Waals surface area contributed by atoms with Crippen molar-refractivity contribution in [3.05, 3.63) is 90.5 Å². The topological polar surface area (TPSA) is 67.2 Å². The van der Waals surface area contributed by atoms with Gasteiger partial charge in [0.05, 0.1) is 22.5 Å². The minimum Gasteiger partial charge on any atom is -0.345 e. The van der Waals surface area contributed by atoms with Crippen molar-refractivity contribution in [3.63, 3.8) is 0 Å². The van der Waals surface area contributed by atoms with E-state index in [2.05, 4.69) is 37.9 Å². The van der Waals surface area contributed by atoms with Crippen LogP contribution in [0.1, 0.15) is 5.56 Å². The van der Waals surface area contributed by atoms with Gasteiger partial charge in [-0.1, -0.05) is 95.9 Å². The van der Waals surface area contributed by atoms with Crippen molar-refractivity contribution in [1.29, 1.82) is 0 Å². The summed E-state index contributed by atoms with van der Waals surface area (Å²) in [7, 11) is 0. The van der Waals surface area contributed by atoms with E-state index in [9.17, 15) is 4.79 Å². The molecule has 1 aliphatic rings. The highest BCUT2D eigenvalue weighted by Gasteiger charge is 2.24. The summed E-state index contributed by atoms with van der Waals surface area (Å²) in [6, 6.07) is 28.6. The Hall–Kier alpha value is -3.69. The van der Waals surface area contributed by atoms with Crippen molar-refractivity contribution in [2.24, 2.45) is 0 Å². The first-order valence-electron chi connectivity index (χ1n) is 12.3. The molecule has 5 aromatic rings. The molecule has 0 bridgehead atoms. The maximum atomic E-state index is 13.1. The van der Waals surface area contributed by atoms with Crippen molar-refractivity contribution in [1.82, 2.24) is 24.6 Å². The fourth-order valence-corrected chi connectivity index (χ4v) is 6.32. The van der Waals surface area contributed by atoms with E-state index in [1.807, 2.05) is 71.6 Å². The number of para-hydroxylation sites is 1. The number of hydrogen-bond donors (Lipinski definition) is 0. The molecule has 0 saturated carbocycles. The first-order chi connectivity index (χ1) is 18.2. The molecule has 0 aliphatic carbocycles. The molecule has 7 nitrogen and oxygen atoms in total. The summed E-state index contributed by atoms with van der Waals surface area (Å²) in [5.74, 6) is 1.27. The van der Waals surface area contributed by atoms with Gasteiger partial charge in [-0.2, -0.15) is 0 Å². The van der Waals surface area contributed by atoms with Crippen LogP contribution in [0, 0.1) is 0 Å². The number of anilines is 1. The number of benzene rings is 3. The molecule has 1 saturated heterocycles. The van der Waals surface area contributed by atoms with Crippen LogP contribution in [-0.2, 0) is 11.3 Å². The minimum absolute atomic E-state index is 0.129. The summed E-state index contributed by atoms with van der Waals surface area (Å²) in [5, 5.41) is 10.7. The number of thiazole rings is 1. The molecule has 0 N–H and O–H groups in total. The lowest BCUT2D eigenvalue weighted by atomic mass is 10.2. The van der Waals surface area contributed by atoms with Gasteiger partial charge in [-0.05, 0) is 17.7 Å². The number of carbonyl (C=O) groups excluding carboxylic acids is 1. The van der Waals surface area contributed by atoms with Gasteiger partial charge < -0.3 is 9.80 Å². The SMILES string of the molecule is O=C(CSc1nnc(-c2ccccc2)n1Cc1ccccc1)N1CCN(c2nc3ccccc3s2)CC1. The molecule has 0 unspecified atom stereocenters. The zero-order valence-corrected chi connectivity index (χ0v) is 21.9. The van der Waals surface area contributed by atoms with Crippen LogP contribution in [0.2, 0.25) is 0 Å². The molecule has 1 amide bonds. The number of piperazine rings is 1. The standard InChI is InChI=1S/C28H26N6OS2/c35-25(32-15-17-33(18-16-32)27-29-23-13-7-8-14-24(23)37-27)20-36-28-31-30-26(22-11-5-2-6-12-22)34(28)19-21-9-3-1-4-10-21/h1-14H,15-20H2. The lowest BCUT2D eigenvalue weighted by Gasteiger charge is -2.34. The van der Waals surface area contributed by atoms with E-state index in [0.29, 0.717) is 25.4 Å². The Balaban J connectivity index is 1.12. The van der Waals surface area contributed by atoms with Crippen LogP contribution in [0.4, 0.5) is 5.13 Å². The first kappa shape index (κ1) is 23.7. The van der Waals surface area contributed by atoms with Crippen LogP contribution in [0.3, 0.4) is 0 Å². The summed E-state index contributed by atoms with van der Waals surface area (Å²) >= 11 is 3.17. The maximum absolute atomic E-state index is 13.1. The number of rotatable bonds is 7. The Bertz CT molecular complexity index is 1460. The Morgan fingerprint density at radius 2 is 1.54 bits per heavy atom. The van der Waals surface area contributed by atoms with Gasteiger partial charge in [-0.3, -0.25) is 9.36 Å². The second-order valence-electron chi connectivity index (χ2n) is 8.86. The van der Waals surface area contributed by atoms with Gasteiger partial charge in [0.2, 0.25) is 5.91 Å². The monoisotopic (exact) mass is 526 g/mol. The number of nitrogens with zero attached hydrogens (tertiary/aromatic N) is 6. The van der Waals surface area contributed by atoms with Crippen molar-refractivity contribution < 1.29 is 4.79 Å². The summed E-state index contributed by atoms with van der Waals surface area (Å²) in [4.78, 5) is 22.1. The molecule has 3 heterocycles. The van der Waals surface area contributed by atoms with E-state index in [1.165, 1.54) is 22.0 Å². The van der Waals surface area contributed by atoms with E-state index in [-0.39, 0.29) is 5.91 Å². The van der Waals surface area contributed by atoms with Gasteiger partial charge in [0.25, 0.3) is 0 Å². The molecule has 6 rings (SSSR count). The normalized spacial score (nSPS) is 13.8. The number of carbonyl (C=O) groups is 1. The van der Waals surface area contributed by atoms with Gasteiger partial charge in [0, 0.05) is 31.7 Å². The van der Waals surface area contributed by atoms with Crippen molar-refractivity contribution in [2.75, 3.05) is 36.8 Å². The summed E-state index contributed by atoms with van der Waals surface area (Å²) in [6.45, 7) is 3.62. The molecule has 0 atom stereocenters. The van der Waals surface area contributed by atoms with Crippen LogP contribution in [0.5, 0.6) is 0 Å².